The number of hydrogen-bond acceptors (Lipinski definition) is 6. The maximum Gasteiger partial charge on any atom is 0.515 e. The van der Waals surface area contributed by atoms with Crippen molar-refractivity contribution in [2.45, 2.75) is 26.6 Å². The summed E-state index contributed by atoms with van der Waals surface area (Å²) >= 11 is 6.29. The van der Waals surface area contributed by atoms with Crippen molar-refractivity contribution in [1.29, 1.82) is 0 Å². The number of hydrogen-bond donors (Lipinski definition) is 1. The van der Waals surface area contributed by atoms with E-state index in [2.05, 4.69) is 9.97 Å². The number of carbonyl (C=O) groups excluding carboxylic acids is 1. The third-order valence-electron chi connectivity index (χ3n) is 4.54. The molecule has 31 heavy (non-hydrogen) atoms. The molecule has 4 rings (SSSR count). The molecule has 2 aromatic carbocycles. The first-order valence-corrected chi connectivity index (χ1v) is 10.1. The van der Waals surface area contributed by atoms with E-state index >= 15 is 0 Å². The summed E-state index contributed by atoms with van der Waals surface area (Å²) in [7, 11) is 1.56. The molecule has 0 fully saturated rings. The van der Waals surface area contributed by atoms with Gasteiger partial charge >= 0.3 is 6.16 Å². The van der Waals surface area contributed by atoms with Crippen LogP contribution in [0.2, 0.25) is 5.02 Å². The molecule has 2 aromatic heterocycles. The summed E-state index contributed by atoms with van der Waals surface area (Å²) < 4.78 is 22.0. The number of aromatic nitrogens is 2. The Labute approximate surface area is 183 Å². The van der Waals surface area contributed by atoms with Gasteiger partial charge in [-0.05, 0) is 38.1 Å². The molecule has 7 nitrogen and oxygen atoms in total. The van der Waals surface area contributed by atoms with Gasteiger partial charge in [0.1, 0.15) is 11.5 Å². The van der Waals surface area contributed by atoms with Crippen LogP contribution in [0.1, 0.15) is 19.4 Å². The van der Waals surface area contributed by atoms with Gasteiger partial charge in [-0.25, -0.2) is 9.78 Å². The Balaban J connectivity index is 1.88. The number of para-hydroxylation sites is 1. The van der Waals surface area contributed by atoms with E-state index in [1.54, 1.807) is 39.3 Å². The van der Waals surface area contributed by atoms with Crippen LogP contribution in [0.5, 0.6) is 17.4 Å². The fraction of sp³-hybridized carbons (Fsp3) is 0.217. The molecule has 0 amide bonds. The first-order chi connectivity index (χ1) is 15.0. The molecule has 0 unspecified atom stereocenters. The summed E-state index contributed by atoms with van der Waals surface area (Å²) in [5, 5.41) is 2.08. The highest BCUT2D eigenvalue weighted by molar-refractivity contribution is 6.32. The number of pyridine rings is 1. The minimum atomic E-state index is -0.827. The average molecular weight is 441 g/mol. The van der Waals surface area contributed by atoms with Gasteiger partial charge in [0.05, 0.1) is 45.9 Å². The van der Waals surface area contributed by atoms with Gasteiger partial charge in [0.25, 0.3) is 0 Å². The molecule has 160 valence electrons. The van der Waals surface area contributed by atoms with Crippen molar-refractivity contribution in [2.24, 2.45) is 0 Å². The number of ether oxygens (including phenoxy) is 4. The number of benzene rings is 2. The summed E-state index contributed by atoms with van der Waals surface area (Å²) in [6.07, 6.45) is 0.462. The maximum atomic E-state index is 12.1. The van der Waals surface area contributed by atoms with Crippen LogP contribution < -0.4 is 9.47 Å². The highest BCUT2D eigenvalue weighted by atomic mass is 35.5. The van der Waals surface area contributed by atoms with Crippen molar-refractivity contribution in [3.63, 3.8) is 0 Å². The van der Waals surface area contributed by atoms with Gasteiger partial charge in [0.15, 0.2) is 0 Å². The highest BCUT2D eigenvalue weighted by Gasteiger charge is 2.21. The molecule has 8 heteroatoms. The SMILES string of the molecule is COCc1c(OC(=O)OC(C)C)ncc2[nH]c3cccc(Oc4ccccc4Cl)c3c12. The van der Waals surface area contributed by atoms with Crippen LogP contribution in [0.25, 0.3) is 21.8 Å². The summed E-state index contributed by atoms with van der Waals surface area (Å²) in [4.78, 5) is 19.7. The van der Waals surface area contributed by atoms with Crippen LogP contribution in [0.3, 0.4) is 0 Å². The number of rotatable bonds is 6. The van der Waals surface area contributed by atoms with Gasteiger partial charge in [-0.3, -0.25) is 0 Å². The normalized spacial score (nSPS) is 11.3. The van der Waals surface area contributed by atoms with Crippen molar-refractivity contribution in [1.82, 2.24) is 9.97 Å². The lowest BCUT2D eigenvalue weighted by Crippen LogP contribution is -2.17. The lowest BCUT2D eigenvalue weighted by molar-refractivity contribution is 0.0705. The van der Waals surface area contributed by atoms with Gasteiger partial charge in [0, 0.05) is 12.5 Å². The average Bonchev–Trinajstić information content (AvgIpc) is 3.11. The third kappa shape index (κ3) is 4.28. The molecule has 0 aliphatic rings. The molecule has 0 radical (unpaired) electrons. The second kappa shape index (κ2) is 8.83. The van der Waals surface area contributed by atoms with E-state index in [0.717, 1.165) is 21.8 Å². The fourth-order valence-electron chi connectivity index (χ4n) is 3.35. The zero-order valence-electron chi connectivity index (χ0n) is 17.3. The lowest BCUT2D eigenvalue weighted by Gasteiger charge is -2.13. The van der Waals surface area contributed by atoms with E-state index in [1.807, 2.05) is 30.3 Å². The zero-order valence-corrected chi connectivity index (χ0v) is 18.0. The van der Waals surface area contributed by atoms with E-state index in [-0.39, 0.29) is 18.6 Å². The third-order valence-corrected chi connectivity index (χ3v) is 4.86. The van der Waals surface area contributed by atoms with Crippen LogP contribution in [-0.2, 0) is 16.1 Å². The Kier molecular flexibility index (Phi) is 5.97. The molecule has 0 spiro atoms. The zero-order chi connectivity index (χ0) is 22.0. The largest absolute Gasteiger partial charge is 0.515 e. The molecule has 2 heterocycles. The quantitative estimate of drug-likeness (QED) is 0.358. The van der Waals surface area contributed by atoms with Crippen LogP contribution in [0.4, 0.5) is 4.79 Å². The van der Waals surface area contributed by atoms with Gasteiger partial charge in [-0.1, -0.05) is 29.8 Å². The Morgan fingerprint density at radius 3 is 2.58 bits per heavy atom. The number of carbonyl (C=O) groups is 1. The van der Waals surface area contributed by atoms with Crippen molar-refractivity contribution < 1.29 is 23.7 Å². The Morgan fingerprint density at radius 2 is 1.84 bits per heavy atom. The molecule has 0 aliphatic carbocycles. The minimum Gasteiger partial charge on any atom is -0.455 e. The molecule has 0 aliphatic heterocycles. The molecule has 4 aromatic rings. The number of methoxy groups -OCH3 is 1. The predicted octanol–water partition coefficient (Wildman–Crippen LogP) is 6.23. The first kappa shape index (κ1) is 21.0. The number of fused-ring (bicyclic) bond motifs is 3. The van der Waals surface area contributed by atoms with Crippen LogP contribution in [-0.4, -0.2) is 29.3 Å². The number of H-pyrrole nitrogens is 1. The number of halogens is 1. The molecule has 1 N–H and O–H groups in total. The maximum absolute atomic E-state index is 12.1. The predicted molar refractivity (Wildman–Crippen MR) is 118 cm³/mol. The summed E-state index contributed by atoms with van der Waals surface area (Å²) in [5.41, 5.74) is 2.18. The second-order valence-electron chi connectivity index (χ2n) is 7.12. The van der Waals surface area contributed by atoms with Crippen molar-refractivity contribution in [2.75, 3.05) is 7.11 Å². The molecule has 0 saturated carbocycles. The number of nitrogens with one attached hydrogen (secondary N) is 1. The Hall–Kier alpha value is -3.29. The van der Waals surface area contributed by atoms with Crippen molar-refractivity contribution in [3.8, 4) is 17.4 Å². The van der Waals surface area contributed by atoms with Gasteiger partial charge in [-0.2, -0.15) is 0 Å². The molecule has 0 saturated heterocycles. The van der Waals surface area contributed by atoms with Crippen LogP contribution in [0, 0.1) is 0 Å². The topological polar surface area (TPSA) is 82.7 Å². The highest BCUT2D eigenvalue weighted by Crippen LogP contribution is 2.40. The molecule has 0 bridgehead atoms. The Morgan fingerprint density at radius 1 is 1.06 bits per heavy atom. The Bertz CT molecular complexity index is 1250. The molecule has 0 atom stereocenters. The van der Waals surface area contributed by atoms with E-state index in [4.69, 9.17) is 30.5 Å². The van der Waals surface area contributed by atoms with E-state index in [0.29, 0.717) is 22.1 Å². The van der Waals surface area contributed by atoms with Gasteiger partial charge in [-0.15, -0.1) is 0 Å². The van der Waals surface area contributed by atoms with Crippen LogP contribution in [0.15, 0.2) is 48.7 Å². The number of aromatic amines is 1. The summed E-state index contributed by atoms with van der Waals surface area (Å²) in [5.74, 6) is 1.25. The van der Waals surface area contributed by atoms with E-state index in [1.165, 1.54) is 0 Å². The monoisotopic (exact) mass is 440 g/mol. The summed E-state index contributed by atoms with van der Waals surface area (Å²) in [6, 6.07) is 12.9. The van der Waals surface area contributed by atoms with Crippen molar-refractivity contribution in [3.05, 3.63) is 59.2 Å². The smallest absolute Gasteiger partial charge is 0.455 e. The lowest BCUT2D eigenvalue weighted by atomic mass is 10.1. The van der Waals surface area contributed by atoms with Gasteiger partial charge in [0.2, 0.25) is 5.88 Å². The van der Waals surface area contributed by atoms with Gasteiger partial charge < -0.3 is 23.9 Å². The second-order valence-corrected chi connectivity index (χ2v) is 7.53. The van der Waals surface area contributed by atoms with Crippen molar-refractivity contribution >= 4 is 39.6 Å². The first-order valence-electron chi connectivity index (χ1n) is 9.70. The fourth-order valence-corrected chi connectivity index (χ4v) is 3.52. The standard InChI is InChI=1S/C23H21ClN2O5/c1-13(2)29-23(27)31-22-14(12-28-3)20-17(11-25-22)26-16-8-6-10-19(21(16)20)30-18-9-5-4-7-15(18)24/h4-11,13,26H,12H2,1-3H3. The van der Waals surface area contributed by atoms with E-state index in [9.17, 15) is 4.79 Å². The molecular formula is C23H21ClN2O5. The minimum absolute atomic E-state index is 0.119. The molecular weight excluding hydrogens is 420 g/mol. The van der Waals surface area contributed by atoms with E-state index < -0.39 is 6.16 Å². The summed E-state index contributed by atoms with van der Waals surface area (Å²) in [6.45, 7) is 3.65. The van der Waals surface area contributed by atoms with Crippen LogP contribution >= 0.6 is 11.6 Å². The number of nitrogens with zero attached hydrogens (tertiary/aromatic N) is 1.